The number of aromatic nitrogens is 2. The van der Waals surface area contributed by atoms with E-state index < -0.39 is 0 Å². The Balaban J connectivity index is 2.04. The summed E-state index contributed by atoms with van der Waals surface area (Å²) in [5.41, 5.74) is 0. The maximum Gasteiger partial charge on any atom is 0.0949 e. The van der Waals surface area contributed by atoms with Crippen LogP contribution in [-0.2, 0) is 4.74 Å². The number of likely N-dealkylation sites (tertiary alicyclic amines) is 1. The minimum absolute atomic E-state index is 0.186. The lowest BCUT2D eigenvalue weighted by atomic mass is 10.2. The Bertz CT molecular complexity index is 289. The lowest BCUT2D eigenvalue weighted by molar-refractivity contribution is 0.0804. The molecule has 5 nitrogen and oxygen atoms in total. The minimum Gasteiger partial charge on any atom is -0.395 e. The van der Waals surface area contributed by atoms with Crippen LogP contribution in [0, 0.1) is 0 Å². The van der Waals surface area contributed by atoms with E-state index in [1.165, 1.54) is 0 Å². The standard InChI is InChI=1S/C10H17N3O2/c1-15-10-7-12(4-5-14)6-9(10)13-3-2-11-8-13/h2-3,8-10,14H,4-7H2,1H3. The first kappa shape index (κ1) is 10.6. The monoisotopic (exact) mass is 211 g/mol. The normalized spacial score (nSPS) is 27.3. The molecule has 84 valence electrons. The van der Waals surface area contributed by atoms with Crippen molar-refractivity contribution in [3.8, 4) is 0 Å². The third-order valence-corrected chi connectivity index (χ3v) is 2.94. The molecule has 2 rings (SSSR count). The average molecular weight is 211 g/mol. The number of rotatable bonds is 4. The van der Waals surface area contributed by atoms with Gasteiger partial charge in [-0.1, -0.05) is 0 Å². The number of hydrogen-bond acceptors (Lipinski definition) is 4. The topological polar surface area (TPSA) is 50.5 Å². The van der Waals surface area contributed by atoms with Gasteiger partial charge < -0.3 is 14.4 Å². The molecule has 2 unspecified atom stereocenters. The number of nitrogens with zero attached hydrogens (tertiary/aromatic N) is 3. The Morgan fingerprint density at radius 1 is 1.53 bits per heavy atom. The molecule has 15 heavy (non-hydrogen) atoms. The smallest absolute Gasteiger partial charge is 0.0949 e. The van der Waals surface area contributed by atoms with Gasteiger partial charge in [-0.05, 0) is 0 Å². The molecule has 2 atom stereocenters. The van der Waals surface area contributed by atoms with Gasteiger partial charge >= 0.3 is 0 Å². The highest BCUT2D eigenvalue weighted by molar-refractivity contribution is 4.92. The highest BCUT2D eigenvalue weighted by atomic mass is 16.5. The van der Waals surface area contributed by atoms with Crippen molar-refractivity contribution in [1.82, 2.24) is 14.5 Å². The van der Waals surface area contributed by atoms with Gasteiger partial charge in [-0.2, -0.15) is 0 Å². The quantitative estimate of drug-likeness (QED) is 0.746. The number of hydrogen-bond donors (Lipinski definition) is 1. The first-order valence-electron chi connectivity index (χ1n) is 5.18. The molecule has 1 aromatic rings. The van der Waals surface area contributed by atoms with Crippen molar-refractivity contribution in [2.75, 3.05) is 33.4 Å². The van der Waals surface area contributed by atoms with Crippen LogP contribution in [-0.4, -0.2) is 59.0 Å². The highest BCUT2D eigenvalue weighted by Gasteiger charge is 2.33. The molecule has 1 aromatic heterocycles. The van der Waals surface area contributed by atoms with E-state index in [1.807, 2.05) is 12.5 Å². The van der Waals surface area contributed by atoms with Gasteiger partial charge in [0.05, 0.1) is 25.1 Å². The van der Waals surface area contributed by atoms with E-state index in [4.69, 9.17) is 9.84 Å². The summed E-state index contributed by atoms with van der Waals surface area (Å²) >= 11 is 0. The van der Waals surface area contributed by atoms with Crippen LogP contribution in [0.15, 0.2) is 18.7 Å². The van der Waals surface area contributed by atoms with E-state index in [2.05, 4.69) is 14.5 Å². The zero-order valence-electron chi connectivity index (χ0n) is 8.91. The summed E-state index contributed by atoms with van der Waals surface area (Å²) in [5, 5.41) is 8.90. The molecule has 0 amide bonds. The summed E-state index contributed by atoms with van der Waals surface area (Å²) in [6, 6.07) is 0.309. The van der Waals surface area contributed by atoms with Crippen LogP contribution in [0.2, 0.25) is 0 Å². The minimum atomic E-state index is 0.186. The maximum absolute atomic E-state index is 8.90. The summed E-state index contributed by atoms with van der Waals surface area (Å²) in [6.07, 6.45) is 5.74. The van der Waals surface area contributed by atoms with E-state index in [0.29, 0.717) is 12.6 Å². The molecule has 1 aliphatic heterocycles. The first-order valence-corrected chi connectivity index (χ1v) is 5.18. The molecule has 0 aromatic carbocycles. The Labute approximate surface area is 89.3 Å². The molecule has 2 heterocycles. The van der Waals surface area contributed by atoms with E-state index in [1.54, 1.807) is 13.3 Å². The van der Waals surface area contributed by atoms with Crippen LogP contribution < -0.4 is 0 Å². The van der Waals surface area contributed by atoms with Crippen LogP contribution in [0.5, 0.6) is 0 Å². The predicted molar refractivity (Wildman–Crippen MR) is 55.6 cm³/mol. The van der Waals surface area contributed by atoms with Gasteiger partial charge in [0.1, 0.15) is 0 Å². The zero-order chi connectivity index (χ0) is 10.7. The Morgan fingerprint density at radius 3 is 3.00 bits per heavy atom. The molecule has 0 bridgehead atoms. The number of ether oxygens (including phenoxy) is 1. The van der Waals surface area contributed by atoms with Crippen LogP contribution in [0.25, 0.3) is 0 Å². The summed E-state index contributed by atoms with van der Waals surface area (Å²) in [7, 11) is 1.73. The van der Waals surface area contributed by atoms with Crippen LogP contribution in [0.4, 0.5) is 0 Å². The number of β-amino-alcohol motifs (C(OH)–C–C–N with tert-alkyl or cyclic N) is 1. The Kier molecular flexibility index (Phi) is 3.35. The largest absolute Gasteiger partial charge is 0.395 e. The van der Waals surface area contributed by atoms with Gasteiger partial charge in [0.2, 0.25) is 0 Å². The molecule has 0 aliphatic carbocycles. The van der Waals surface area contributed by atoms with E-state index in [9.17, 15) is 0 Å². The zero-order valence-corrected chi connectivity index (χ0v) is 8.91. The lowest BCUT2D eigenvalue weighted by Gasteiger charge is -2.17. The van der Waals surface area contributed by atoms with Crippen molar-refractivity contribution in [3.05, 3.63) is 18.7 Å². The van der Waals surface area contributed by atoms with Crippen molar-refractivity contribution in [2.45, 2.75) is 12.1 Å². The van der Waals surface area contributed by atoms with Crippen molar-refractivity contribution in [2.24, 2.45) is 0 Å². The van der Waals surface area contributed by atoms with Gasteiger partial charge in [0.25, 0.3) is 0 Å². The first-order chi connectivity index (χ1) is 7.35. The fraction of sp³-hybridized carbons (Fsp3) is 0.700. The van der Waals surface area contributed by atoms with Crippen LogP contribution in [0.3, 0.4) is 0 Å². The van der Waals surface area contributed by atoms with E-state index in [0.717, 1.165) is 13.1 Å². The van der Waals surface area contributed by atoms with Gasteiger partial charge in [-0.3, -0.25) is 4.90 Å². The van der Waals surface area contributed by atoms with Crippen LogP contribution in [0.1, 0.15) is 6.04 Å². The maximum atomic E-state index is 8.90. The lowest BCUT2D eigenvalue weighted by Crippen LogP contribution is -2.25. The van der Waals surface area contributed by atoms with Gasteiger partial charge in [0.15, 0.2) is 0 Å². The summed E-state index contributed by atoms with van der Waals surface area (Å²) in [6.45, 7) is 2.70. The van der Waals surface area contributed by atoms with Crippen molar-refractivity contribution >= 4 is 0 Å². The number of imidazole rings is 1. The molecule has 1 saturated heterocycles. The second kappa shape index (κ2) is 4.74. The summed E-state index contributed by atoms with van der Waals surface area (Å²) < 4.78 is 7.53. The van der Waals surface area contributed by atoms with Crippen molar-refractivity contribution in [1.29, 1.82) is 0 Å². The number of aliphatic hydroxyl groups excluding tert-OH is 1. The summed E-state index contributed by atoms with van der Waals surface area (Å²) in [4.78, 5) is 6.25. The van der Waals surface area contributed by atoms with Crippen molar-refractivity contribution in [3.63, 3.8) is 0 Å². The van der Waals surface area contributed by atoms with Crippen molar-refractivity contribution < 1.29 is 9.84 Å². The third kappa shape index (κ3) is 2.19. The highest BCUT2D eigenvalue weighted by Crippen LogP contribution is 2.23. The Morgan fingerprint density at radius 2 is 2.40 bits per heavy atom. The summed E-state index contributed by atoms with van der Waals surface area (Å²) in [5.74, 6) is 0. The number of aliphatic hydroxyl groups is 1. The molecular formula is C10H17N3O2. The fourth-order valence-corrected chi connectivity index (χ4v) is 2.14. The van der Waals surface area contributed by atoms with Gasteiger partial charge in [0, 0.05) is 39.1 Å². The molecule has 5 heteroatoms. The fourth-order valence-electron chi connectivity index (χ4n) is 2.14. The molecule has 0 radical (unpaired) electrons. The van der Waals surface area contributed by atoms with Gasteiger partial charge in [-0.15, -0.1) is 0 Å². The molecule has 1 aliphatic rings. The molecule has 1 fully saturated rings. The van der Waals surface area contributed by atoms with E-state index >= 15 is 0 Å². The second-order valence-electron chi connectivity index (χ2n) is 3.83. The van der Waals surface area contributed by atoms with E-state index in [-0.39, 0.29) is 12.7 Å². The van der Waals surface area contributed by atoms with Gasteiger partial charge in [-0.25, -0.2) is 4.98 Å². The average Bonchev–Trinajstić information content (AvgIpc) is 2.84. The second-order valence-corrected chi connectivity index (χ2v) is 3.83. The molecule has 1 N–H and O–H groups in total. The third-order valence-electron chi connectivity index (χ3n) is 2.94. The molecule has 0 spiro atoms. The number of methoxy groups -OCH3 is 1. The molecular weight excluding hydrogens is 194 g/mol. The van der Waals surface area contributed by atoms with Crippen LogP contribution >= 0.6 is 0 Å². The molecule has 0 saturated carbocycles. The predicted octanol–water partition coefficient (Wildman–Crippen LogP) is -0.253. The SMILES string of the molecule is COC1CN(CCO)CC1n1ccnc1. The Hall–Kier alpha value is -0.910.